The molecule has 5 nitrogen and oxygen atoms in total. The molecule has 0 aliphatic carbocycles. The van der Waals surface area contributed by atoms with Gasteiger partial charge in [0.25, 0.3) is 15.9 Å². The summed E-state index contributed by atoms with van der Waals surface area (Å²) in [6, 6.07) is 13.0. The van der Waals surface area contributed by atoms with Gasteiger partial charge in [-0.2, -0.15) is 0 Å². The first kappa shape index (κ1) is 22.4. The molecule has 31 heavy (non-hydrogen) atoms. The van der Waals surface area contributed by atoms with Crippen molar-refractivity contribution < 1.29 is 26.4 Å². The lowest BCUT2D eigenvalue weighted by Crippen LogP contribution is -2.30. The number of carbonyl (C=O) groups excluding carboxylic acids is 1. The number of benzene rings is 3. The lowest BCUT2D eigenvalue weighted by atomic mass is 10.1. The predicted molar refractivity (Wildman–Crippen MR) is 111 cm³/mol. The zero-order valence-electron chi connectivity index (χ0n) is 16.6. The van der Waals surface area contributed by atoms with E-state index in [0.717, 1.165) is 24.3 Å². The molecule has 1 N–H and O–H groups in total. The number of rotatable bonds is 6. The van der Waals surface area contributed by atoms with Crippen LogP contribution in [0.25, 0.3) is 0 Å². The monoisotopic (exact) mass is 448 g/mol. The van der Waals surface area contributed by atoms with Crippen LogP contribution in [0.3, 0.4) is 0 Å². The van der Waals surface area contributed by atoms with E-state index in [4.69, 9.17) is 0 Å². The molecular weight excluding hydrogens is 429 g/mol. The van der Waals surface area contributed by atoms with E-state index >= 15 is 0 Å². The Morgan fingerprint density at radius 1 is 0.935 bits per heavy atom. The van der Waals surface area contributed by atoms with E-state index < -0.39 is 39.4 Å². The molecule has 1 unspecified atom stereocenters. The fourth-order valence-electron chi connectivity index (χ4n) is 2.90. The fraction of sp³-hybridized carbons (Fsp3) is 0.136. The summed E-state index contributed by atoms with van der Waals surface area (Å²) < 4.78 is 67.4. The van der Waals surface area contributed by atoms with Crippen molar-refractivity contribution in [1.82, 2.24) is 4.90 Å². The summed E-state index contributed by atoms with van der Waals surface area (Å²) >= 11 is 0. The van der Waals surface area contributed by atoms with Crippen molar-refractivity contribution in [3.63, 3.8) is 0 Å². The van der Waals surface area contributed by atoms with E-state index in [2.05, 4.69) is 4.72 Å². The van der Waals surface area contributed by atoms with Crippen molar-refractivity contribution >= 4 is 21.6 Å². The van der Waals surface area contributed by atoms with Gasteiger partial charge in [-0.1, -0.05) is 12.1 Å². The highest BCUT2D eigenvalue weighted by atomic mass is 32.2. The molecule has 0 aliphatic heterocycles. The lowest BCUT2D eigenvalue weighted by molar-refractivity contribution is 0.0742. The first-order valence-electron chi connectivity index (χ1n) is 9.19. The topological polar surface area (TPSA) is 66.5 Å². The molecule has 1 amide bonds. The van der Waals surface area contributed by atoms with Gasteiger partial charge in [-0.25, -0.2) is 21.6 Å². The molecule has 1 atom stereocenters. The summed E-state index contributed by atoms with van der Waals surface area (Å²) in [5, 5.41) is 0. The summed E-state index contributed by atoms with van der Waals surface area (Å²) in [6.07, 6.45) is 0. The third-order valence-electron chi connectivity index (χ3n) is 4.82. The minimum atomic E-state index is -4.03. The summed E-state index contributed by atoms with van der Waals surface area (Å²) in [5.74, 6) is -3.02. The second-order valence-corrected chi connectivity index (χ2v) is 8.59. The zero-order valence-corrected chi connectivity index (χ0v) is 17.5. The van der Waals surface area contributed by atoms with Gasteiger partial charge < -0.3 is 4.90 Å². The highest BCUT2D eigenvalue weighted by molar-refractivity contribution is 7.92. The van der Waals surface area contributed by atoms with Crippen LogP contribution in [0.15, 0.2) is 71.6 Å². The standard InChI is InChI=1S/C22H19F3N2O3S/c1-14(15-6-11-20(24)21(25)13-15)27(2)22(28)16-4-3-5-19(12-16)31(29,30)26-18-9-7-17(23)8-10-18/h3-14,26H,1-2H3. The minimum Gasteiger partial charge on any atom is -0.335 e. The van der Waals surface area contributed by atoms with Crippen LogP contribution in [-0.2, 0) is 10.0 Å². The molecule has 0 bridgehead atoms. The van der Waals surface area contributed by atoms with Crippen molar-refractivity contribution in [2.45, 2.75) is 17.9 Å². The van der Waals surface area contributed by atoms with E-state index in [0.29, 0.717) is 5.56 Å². The van der Waals surface area contributed by atoms with E-state index in [1.54, 1.807) is 6.92 Å². The Hall–Kier alpha value is -3.33. The van der Waals surface area contributed by atoms with Crippen LogP contribution in [-0.4, -0.2) is 26.3 Å². The van der Waals surface area contributed by atoms with Gasteiger partial charge in [0, 0.05) is 18.3 Å². The highest BCUT2D eigenvalue weighted by Gasteiger charge is 2.22. The molecule has 162 valence electrons. The van der Waals surface area contributed by atoms with Gasteiger partial charge in [-0.05, 0) is 67.1 Å². The minimum absolute atomic E-state index is 0.0962. The summed E-state index contributed by atoms with van der Waals surface area (Å²) in [5.41, 5.74) is 0.651. The van der Waals surface area contributed by atoms with Gasteiger partial charge in [-0.15, -0.1) is 0 Å². The second kappa shape index (κ2) is 8.81. The molecule has 0 heterocycles. The number of halogens is 3. The molecule has 0 spiro atoms. The SMILES string of the molecule is CC(c1ccc(F)c(F)c1)N(C)C(=O)c1cccc(S(=O)(=O)Nc2ccc(F)cc2)c1. The van der Waals surface area contributed by atoms with Crippen molar-refractivity contribution in [3.05, 3.63) is 95.3 Å². The van der Waals surface area contributed by atoms with Gasteiger partial charge >= 0.3 is 0 Å². The van der Waals surface area contributed by atoms with Crippen molar-refractivity contribution in [2.24, 2.45) is 0 Å². The maximum absolute atomic E-state index is 13.5. The Bertz CT molecular complexity index is 1210. The quantitative estimate of drug-likeness (QED) is 0.593. The van der Waals surface area contributed by atoms with Gasteiger partial charge in [0.05, 0.1) is 10.9 Å². The average Bonchev–Trinajstić information content (AvgIpc) is 2.75. The lowest BCUT2D eigenvalue weighted by Gasteiger charge is -2.25. The normalized spacial score (nSPS) is 12.3. The van der Waals surface area contributed by atoms with Gasteiger partial charge in [0.15, 0.2) is 11.6 Å². The number of anilines is 1. The van der Waals surface area contributed by atoms with Gasteiger partial charge in [0.1, 0.15) is 5.82 Å². The van der Waals surface area contributed by atoms with E-state index in [1.807, 2.05) is 0 Å². The smallest absolute Gasteiger partial charge is 0.261 e. The number of nitrogens with one attached hydrogen (secondary N) is 1. The first-order valence-corrected chi connectivity index (χ1v) is 10.7. The highest BCUT2D eigenvalue weighted by Crippen LogP contribution is 2.24. The van der Waals surface area contributed by atoms with Crippen LogP contribution in [0.1, 0.15) is 28.9 Å². The molecular formula is C22H19F3N2O3S. The average molecular weight is 448 g/mol. The van der Waals surface area contributed by atoms with Crippen LogP contribution < -0.4 is 4.72 Å². The van der Waals surface area contributed by atoms with Crippen molar-refractivity contribution in [1.29, 1.82) is 0 Å². The van der Waals surface area contributed by atoms with E-state index in [-0.39, 0.29) is 16.1 Å². The zero-order chi connectivity index (χ0) is 22.8. The number of carbonyl (C=O) groups is 1. The molecule has 3 rings (SSSR count). The Kier molecular flexibility index (Phi) is 6.35. The van der Waals surface area contributed by atoms with Crippen LogP contribution in [0, 0.1) is 17.5 Å². The number of hydrogen-bond acceptors (Lipinski definition) is 3. The van der Waals surface area contributed by atoms with Crippen LogP contribution >= 0.6 is 0 Å². The second-order valence-electron chi connectivity index (χ2n) is 6.91. The molecule has 0 aliphatic rings. The summed E-state index contributed by atoms with van der Waals surface area (Å²) in [7, 11) is -2.55. The van der Waals surface area contributed by atoms with Crippen LogP contribution in [0.2, 0.25) is 0 Å². The molecule has 9 heteroatoms. The Morgan fingerprint density at radius 3 is 2.26 bits per heavy atom. The Morgan fingerprint density at radius 2 is 1.61 bits per heavy atom. The van der Waals surface area contributed by atoms with Crippen LogP contribution in [0.4, 0.5) is 18.9 Å². The van der Waals surface area contributed by atoms with E-state index in [1.165, 1.54) is 54.4 Å². The number of amides is 1. The molecule has 0 saturated carbocycles. The third-order valence-corrected chi connectivity index (χ3v) is 6.19. The fourth-order valence-corrected chi connectivity index (χ4v) is 4.01. The molecule has 3 aromatic rings. The molecule has 3 aromatic carbocycles. The number of sulfonamides is 1. The van der Waals surface area contributed by atoms with Crippen molar-refractivity contribution in [2.75, 3.05) is 11.8 Å². The molecule has 0 saturated heterocycles. The maximum Gasteiger partial charge on any atom is 0.261 e. The van der Waals surface area contributed by atoms with Gasteiger partial charge in [0.2, 0.25) is 0 Å². The summed E-state index contributed by atoms with van der Waals surface area (Å²) in [6.45, 7) is 1.64. The number of hydrogen-bond donors (Lipinski definition) is 1. The largest absolute Gasteiger partial charge is 0.335 e. The summed E-state index contributed by atoms with van der Waals surface area (Å²) in [4.78, 5) is 14.0. The third kappa shape index (κ3) is 5.05. The van der Waals surface area contributed by atoms with Crippen LogP contribution in [0.5, 0.6) is 0 Å². The number of nitrogens with zero attached hydrogens (tertiary/aromatic N) is 1. The maximum atomic E-state index is 13.5. The van der Waals surface area contributed by atoms with Crippen molar-refractivity contribution in [3.8, 4) is 0 Å². The molecule has 0 radical (unpaired) electrons. The Balaban J connectivity index is 1.83. The molecule has 0 aromatic heterocycles. The Labute approximate surface area is 178 Å². The first-order chi connectivity index (χ1) is 14.6. The molecule has 0 fully saturated rings. The predicted octanol–water partition coefficient (Wildman–Crippen LogP) is 4.74. The van der Waals surface area contributed by atoms with E-state index in [9.17, 15) is 26.4 Å². The van der Waals surface area contributed by atoms with Gasteiger partial charge in [-0.3, -0.25) is 9.52 Å².